The molecule has 0 spiro atoms. The lowest BCUT2D eigenvalue weighted by molar-refractivity contribution is -0.165. The van der Waals surface area contributed by atoms with Crippen molar-refractivity contribution in [1.29, 1.82) is 0 Å². The Morgan fingerprint density at radius 1 is 1.15 bits per heavy atom. The molecule has 228 valence electrons. The first-order valence-electron chi connectivity index (χ1n) is 11.5. The Kier molecular flexibility index (Phi) is 13.8. The van der Waals surface area contributed by atoms with Crippen LogP contribution in [0.5, 0.6) is 0 Å². The first-order chi connectivity index (χ1) is 18.3. The topological polar surface area (TPSA) is 176 Å². The number of esters is 2. The van der Waals surface area contributed by atoms with Gasteiger partial charge in [0.25, 0.3) is 16.4 Å². The number of nitrogens with one attached hydrogen (secondary N) is 1. The van der Waals surface area contributed by atoms with Gasteiger partial charge in [0, 0.05) is 11.2 Å². The van der Waals surface area contributed by atoms with E-state index in [-0.39, 0.29) is 25.9 Å². The van der Waals surface area contributed by atoms with Gasteiger partial charge in [-0.1, -0.05) is 30.1 Å². The van der Waals surface area contributed by atoms with Crippen LogP contribution in [0.1, 0.15) is 51.5 Å². The van der Waals surface area contributed by atoms with Crippen LogP contribution in [-0.4, -0.2) is 59.0 Å². The van der Waals surface area contributed by atoms with Crippen LogP contribution < -0.4 is 9.02 Å². The smallest absolute Gasteiger partial charge is 0.512 e. The zero-order valence-corrected chi connectivity index (χ0v) is 25.7. The van der Waals surface area contributed by atoms with Gasteiger partial charge in [-0.3, -0.25) is 9.59 Å². The summed E-state index contributed by atoms with van der Waals surface area (Å²) in [5, 5.41) is 9.07. The molecule has 0 saturated carbocycles. The molecule has 4 unspecified atom stereocenters. The summed E-state index contributed by atoms with van der Waals surface area (Å²) in [4.78, 5) is 36.4. The Hall–Kier alpha value is -1.53. The Labute approximate surface area is 239 Å². The molecular formula is C21H29F3NO10PS4. The van der Waals surface area contributed by atoms with Crippen LogP contribution in [0, 0.1) is 11.3 Å². The summed E-state index contributed by atoms with van der Waals surface area (Å²) in [5.74, 6) is -2.73. The number of alkyl halides is 3. The number of aliphatic hydroxyl groups is 1. The summed E-state index contributed by atoms with van der Waals surface area (Å²) >= 11 is 4.59. The molecule has 11 nitrogen and oxygen atoms in total. The largest absolute Gasteiger partial charge is 0.617 e. The molecule has 0 aliphatic carbocycles. The number of ether oxygens (including phenoxy) is 2. The Morgan fingerprint density at radius 2 is 1.73 bits per heavy atom. The van der Waals surface area contributed by atoms with Crippen molar-refractivity contribution in [2.45, 2.75) is 56.4 Å². The second kappa shape index (κ2) is 15.1. The van der Waals surface area contributed by atoms with E-state index in [1.807, 2.05) is 0 Å². The molecule has 19 heteroatoms. The van der Waals surface area contributed by atoms with Gasteiger partial charge in [-0.15, -0.1) is 0 Å². The van der Waals surface area contributed by atoms with E-state index in [9.17, 15) is 44.5 Å². The molecular weight excluding hydrogens is 642 g/mol. The maximum atomic E-state index is 13.0. The molecule has 0 amide bonds. The number of benzene rings is 1. The molecule has 0 aromatic heterocycles. The minimum atomic E-state index is -6.17. The third-order valence-corrected chi connectivity index (χ3v) is 11.9. The average molecular weight is 672 g/mol. The third-order valence-electron chi connectivity index (χ3n) is 5.78. The van der Waals surface area contributed by atoms with Crippen LogP contribution in [-0.2, 0) is 59.8 Å². The predicted molar refractivity (Wildman–Crippen MR) is 142 cm³/mol. The summed E-state index contributed by atoms with van der Waals surface area (Å²) in [6.07, 6.45) is -0.145. The van der Waals surface area contributed by atoms with Gasteiger partial charge in [0.15, 0.2) is 6.92 Å². The van der Waals surface area contributed by atoms with Crippen molar-refractivity contribution < 1.29 is 59.1 Å². The fourth-order valence-corrected chi connectivity index (χ4v) is 7.13. The fourth-order valence-electron chi connectivity index (χ4n) is 3.77. The van der Waals surface area contributed by atoms with Crippen molar-refractivity contribution in [1.82, 2.24) is 4.13 Å². The van der Waals surface area contributed by atoms with Crippen LogP contribution in [0.4, 0.5) is 13.2 Å². The molecule has 0 bridgehead atoms. The molecule has 1 aromatic carbocycles. The van der Waals surface area contributed by atoms with Gasteiger partial charge in [0.05, 0.1) is 22.8 Å². The van der Waals surface area contributed by atoms with E-state index >= 15 is 0 Å². The quantitative estimate of drug-likeness (QED) is 0.206. The minimum Gasteiger partial charge on any atom is -0.617 e. The number of rotatable bonds is 15. The van der Waals surface area contributed by atoms with Crippen LogP contribution in [0.2, 0.25) is 0 Å². The van der Waals surface area contributed by atoms with E-state index in [1.54, 1.807) is 13.8 Å². The lowest BCUT2D eigenvalue weighted by atomic mass is 9.73. The molecule has 0 fully saturated rings. The molecule has 40 heavy (non-hydrogen) atoms. The number of sulfonamides is 2. The zero-order chi connectivity index (χ0) is 30.9. The van der Waals surface area contributed by atoms with E-state index in [0.29, 0.717) is 19.2 Å². The van der Waals surface area contributed by atoms with Gasteiger partial charge in [-0.2, -0.15) is 13.2 Å². The van der Waals surface area contributed by atoms with Gasteiger partial charge in [-0.05, 0) is 49.8 Å². The van der Waals surface area contributed by atoms with Crippen molar-refractivity contribution in [2.75, 3.05) is 19.6 Å². The standard InChI is InChI=1S/C21H29F3NO10PS4/c1-4-15(18(27)35-13-36(29)38-37)12-20(3,19(28)34-10-9-26)11-14(2)16-5-7-17(8-6-16)39(30,31)25-40(32,33)21(22,23)24/h5-8,14-15,25-26H,4,9-13H2,1-3H3. The lowest BCUT2D eigenvalue weighted by Gasteiger charge is -2.32. The molecule has 1 rings (SSSR count). The predicted octanol–water partition coefficient (Wildman–Crippen LogP) is 1.98. The summed E-state index contributed by atoms with van der Waals surface area (Å²) in [6.45, 7) is 2.15. The third kappa shape index (κ3) is 10.4. The number of carbonyl (C=O) groups excluding carboxylic acids is 2. The molecule has 0 aliphatic heterocycles. The second-order valence-corrected chi connectivity index (χ2v) is 16.6. The Bertz CT molecular complexity index is 1320. The average Bonchev–Trinajstić information content (AvgIpc) is 2.87. The molecule has 0 radical (unpaired) electrons. The van der Waals surface area contributed by atoms with Crippen molar-refractivity contribution in [3.05, 3.63) is 29.8 Å². The van der Waals surface area contributed by atoms with Crippen LogP contribution in [0.15, 0.2) is 29.2 Å². The number of halogens is 3. The highest BCUT2D eigenvalue weighted by Gasteiger charge is 2.48. The van der Waals surface area contributed by atoms with Crippen LogP contribution >= 0.6 is 6.92 Å². The lowest BCUT2D eigenvalue weighted by Crippen LogP contribution is -2.40. The van der Waals surface area contributed by atoms with Crippen molar-refractivity contribution in [3.8, 4) is 0 Å². The number of carbonyl (C=O) groups is 2. The molecule has 0 aliphatic rings. The highest BCUT2D eigenvalue weighted by atomic mass is 32.9. The maximum Gasteiger partial charge on any atom is 0.512 e. The first kappa shape index (κ1) is 36.5. The molecule has 4 atom stereocenters. The van der Waals surface area contributed by atoms with Crippen LogP contribution in [0.3, 0.4) is 0 Å². The van der Waals surface area contributed by atoms with E-state index in [0.717, 1.165) is 12.1 Å². The van der Waals surface area contributed by atoms with Gasteiger partial charge in [-0.25, -0.2) is 16.8 Å². The van der Waals surface area contributed by atoms with Gasteiger partial charge >= 0.3 is 27.5 Å². The SMILES string of the molecule is CCC(CC(C)(CC(C)c1ccc(S(=O)(=O)NS(=O)(=O)C(F)(F)F)cc1)C(=O)OCCO)C(=O)OC[P+]([O-])=S=S. The monoisotopic (exact) mass is 671 g/mol. The van der Waals surface area contributed by atoms with E-state index in [1.165, 1.54) is 19.1 Å². The fraction of sp³-hybridized carbons (Fsp3) is 0.619. The summed E-state index contributed by atoms with van der Waals surface area (Å²) < 4.78 is 95.5. The van der Waals surface area contributed by atoms with Crippen molar-refractivity contribution in [2.24, 2.45) is 11.3 Å². The normalized spacial score (nSPS) is 15.8. The van der Waals surface area contributed by atoms with Gasteiger partial charge < -0.3 is 19.5 Å². The van der Waals surface area contributed by atoms with Gasteiger partial charge in [0.1, 0.15) is 16.1 Å². The highest BCUT2D eigenvalue weighted by molar-refractivity contribution is 8.33. The zero-order valence-electron chi connectivity index (χ0n) is 21.5. The molecule has 2 N–H and O–H groups in total. The Morgan fingerprint density at radius 3 is 2.20 bits per heavy atom. The molecule has 0 heterocycles. The maximum absolute atomic E-state index is 13.0. The van der Waals surface area contributed by atoms with E-state index < -0.39 is 79.5 Å². The first-order valence-corrected chi connectivity index (χ1v) is 18.2. The number of hydrogen-bond donors (Lipinski definition) is 2. The van der Waals surface area contributed by atoms with Crippen molar-refractivity contribution >= 4 is 59.6 Å². The van der Waals surface area contributed by atoms with E-state index in [4.69, 9.17) is 14.6 Å². The minimum absolute atomic E-state index is 0.0458. The van der Waals surface area contributed by atoms with Gasteiger partial charge in [0.2, 0.25) is 0 Å². The summed E-state index contributed by atoms with van der Waals surface area (Å²) in [5.41, 5.74) is -6.72. The van der Waals surface area contributed by atoms with Crippen molar-refractivity contribution in [3.63, 3.8) is 0 Å². The second-order valence-electron chi connectivity index (χ2n) is 8.94. The Balaban J connectivity index is 3.22. The van der Waals surface area contributed by atoms with E-state index in [2.05, 4.69) is 11.2 Å². The molecule has 1 aromatic rings. The number of hydrogen-bond acceptors (Lipinski definition) is 11. The highest BCUT2D eigenvalue weighted by Crippen LogP contribution is 2.39. The van der Waals surface area contributed by atoms with Crippen LogP contribution in [0.25, 0.3) is 0 Å². The summed E-state index contributed by atoms with van der Waals surface area (Å²) in [7, 11) is -10.6. The summed E-state index contributed by atoms with van der Waals surface area (Å²) in [6, 6.07) is 4.30. The number of aliphatic hydroxyl groups excluding tert-OH is 1. The molecule has 0 saturated heterocycles.